The third-order valence-corrected chi connectivity index (χ3v) is 2.30. The molecule has 1 rings (SSSR count). The van der Waals surface area contributed by atoms with Gasteiger partial charge in [0.1, 0.15) is 5.75 Å². The molecule has 2 N–H and O–H groups in total. The third-order valence-electron chi connectivity index (χ3n) is 2.30. The highest BCUT2D eigenvalue weighted by Gasteiger charge is 2.03. The zero-order valence-corrected chi connectivity index (χ0v) is 11.3. The van der Waals surface area contributed by atoms with Crippen LogP contribution in [0, 0.1) is 5.92 Å². The second kappa shape index (κ2) is 7.71. The van der Waals surface area contributed by atoms with Crippen LogP contribution in [0.1, 0.15) is 20.3 Å². The van der Waals surface area contributed by atoms with Crippen molar-refractivity contribution in [2.75, 3.05) is 25.5 Å². The maximum Gasteiger partial charge on any atom is 0.225 e. The SMILES string of the molecule is CNCCC(=O)Nc1cccc(OCC(C)C)c1. The van der Waals surface area contributed by atoms with E-state index in [1.807, 2.05) is 31.3 Å². The first-order chi connectivity index (χ1) is 8.61. The van der Waals surface area contributed by atoms with E-state index in [1.54, 1.807) is 0 Å². The number of benzene rings is 1. The number of anilines is 1. The van der Waals surface area contributed by atoms with Crippen LogP contribution in [0.2, 0.25) is 0 Å². The molecule has 0 radical (unpaired) electrons. The Balaban J connectivity index is 2.51. The van der Waals surface area contributed by atoms with Crippen molar-refractivity contribution in [1.29, 1.82) is 0 Å². The van der Waals surface area contributed by atoms with Crippen LogP contribution in [0.4, 0.5) is 5.69 Å². The van der Waals surface area contributed by atoms with Crippen molar-refractivity contribution in [2.24, 2.45) is 5.92 Å². The number of carbonyl (C=O) groups is 1. The molecule has 0 saturated heterocycles. The standard InChI is InChI=1S/C14H22N2O2/c1-11(2)10-18-13-6-4-5-12(9-13)16-14(17)7-8-15-3/h4-6,9,11,15H,7-8,10H2,1-3H3,(H,16,17). The fourth-order valence-corrected chi connectivity index (χ4v) is 1.39. The molecule has 0 heterocycles. The molecule has 0 aliphatic heterocycles. The molecule has 0 unspecified atom stereocenters. The van der Waals surface area contributed by atoms with Crippen LogP contribution in [-0.2, 0) is 4.79 Å². The Morgan fingerprint density at radius 3 is 2.83 bits per heavy atom. The van der Waals surface area contributed by atoms with E-state index in [-0.39, 0.29) is 5.91 Å². The summed E-state index contributed by atoms with van der Waals surface area (Å²) in [6, 6.07) is 7.48. The fourth-order valence-electron chi connectivity index (χ4n) is 1.39. The molecule has 0 spiro atoms. The van der Waals surface area contributed by atoms with E-state index in [0.717, 1.165) is 11.4 Å². The average Bonchev–Trinajstić information content (AvgIpc) is 2.34. The number of ether oxygens (including phenoxy) is 1. The molecule has 1 amide bonds. The molecule has 4 heteroatoms. The van der Waals surface area contributed by atoms with Crippen LogP contribution in [0.15, 0.2) is 24.3 Å². The van der Waals surface area contributed by atoms with Crippen LogP contribution in [0.3, 0.4) is 0 Å². The van der Waals surface area contributed by atoms with E-state index in [4.69, 9.17) is 4.74 Å². The van der Waals surface area contributed by atoms with Crippen molar-refractivity contribution in [2.45, 2.75) is 20.3 Å². The number of amides is 1. The molecular formula is C14H22N2O2. The summed E-state index contributed by atoms with van der Waals surface area (Å²) in [6.07, 6.45) is 0.466. The first kappa shape index (κ1) is 14.5. The molecule has 1 aromatic carbocycles. The summed E-state index contributed by atoms with van der Waals surface area (Å²) in [6.45, 7) is 5.55. The highest BCUT2D eigenvalue weighted by molar-refractivity contribution is 5.90. The van der Waals surface area contributed by atoms with Crippen molar-refractivity contribution < 1.29 is 9.53 Å². The summed E-state index contributed by atoms with van der Waals surface area (Å²) >= 11 is 0. The molecule has 0 bridgehead atoms. The monoisotopic (exact) mass is 250 g/mol. The fraction of sp³-hybridized carbons (Fsp3) is 0.500. The molecule has 0 saturated carbocycles. The van der Waals surface area contributed by atoms with Crippen molar-refractivity contribution >= 4 is 11.6 Å². The van der Waals surface area contributed by atoms with Gasteiger partial charge in [-0.15, -0.1) is 0 Å². The molecule has 0 aromatic heterocycles. The van der Waals surface area contributed by atoms with Crippen LogP contribution in [0.25, 0.3) is 0 Å². The van der Waals surface area contributed by atoms with Gasteiger partial charge in [0.25, 0.3) is 0 Å². The summed E-state index contributed by atoms with van der Waals surface area (Å²) < 4.78 is 5.61. The van der Waals surface area contributed by atoms with Gasteiger partial charge < -0.3 is 15.4 Å². The first-order valence-electron chi connectivity index (χ1n) is 6.29. The summed E-state index contributed by atoms with van der Waals surface area (Å²) in [7, 11) is 1.83. The topological polar surface area (TPSA) is 50.4 Å². The van der Waals surface area contributed by atoms with Crippen molar-refractivity contribution in [3.05, 3.63) is 24.3 Å². The van der Waals surface area contributed by atoms with Crippen LogP contribution in [-0.4, -0.2) is 26.1 Å². The minimum Gasteiger partial charge on any atom is -0.493 e. The van der Waals surface area contributed by atoms with Crippen LogP contribution in [0.5, 0.6) is 5.75 Å². The maximum atomic E-state index is 11.6. The third kappa shape index (κ3) is 5.68. The molecule has 18 heavy (non-hydrogen) atoms. The van der Waals surface area contributed by atoms with Crippen LogP contribution < -0.4 is 15.4 Å². The summed E-state index contributed by atoms with van der Waals surface area (Å²) in [5.41, 5.74) is 0.775. The second-order valence-corrected chi connectivity index (χ2v) is 4.63. The van der Waals surface area contributed by atoms with E-state index in [0.29, 0.717) is 25.5 Å². The molecule has 4 nitrogen and oxygen atoms in total. The molecular weight excluding hydrogens is 228 g/mol. The number of rotatable bonds is 7. The molecule has 100 valence electrons. The van der Waals surface area contributed by atoms with Gasteiger partial charge >= 0.3 is 0 Å². The molecule has 1 aromatic rings. The zero-order chi connectivity index (χ0) is 13.4. The zero-order valence-electron chi connectivity index (χ0n) is 11.3. The van der Waals surface area contributed by atoms with E-state index in [1.165, 1.54) is 0 Å². The lowest BCUT2D eigenvalue weighted by molar-refractivity contribution is -0.116. The van der Waals surface area contributed by atoms with Gasteiger partial charge in [-0.2, -0.15) is 0 Å². The summed E-state index contributed by atoms with van der Waals surface area (Å²) in [4.78, 5) is 11.6. The maximum absolute atomic E-state index is 11.6. The Bertz CT molecular complexity index is 378. The predicted octanol–water partition coefficient (Wildman–Crippen LogP) is 2.27. The second-order valence-electron chi connectivity index (χ2n) is 4.63. The molecule has 0 aliphatic carbocycles. The Morgan fingerprint density at radius 1 is 1.39 bits per heavy atom. The minimum atomic E-state index is 0.00496. The Hall–Kier alpha value is -1.55. The number of hydrogen-bond acceptors (Lipinski definition) is 3. The lowest BCUT2D eigenvalue weighted by Crippen LogP contribution is -2.18. The highest BCUT2D eigenvalue weighted by Crippen LogP contribution is 2.18. The van der Waals surface area contributed by atoms with Crippen LogP contribution >= 0.6 is 0 Å². The van der Waals surface area contributed by atoms with Gasteiger partial charge in [0.2, 0.25) is 5.91 Å². The van der Waals surface area contributed by atoms with Gasteiger partial charge in [0, 0.05) is 24.7 Å². The molecule has 0 fully saturated rings. The van der Waals surface area contributed by atoms with Gasteiger partial charge in [-0.25, -0.2) is 0 Å². The normalized spacial score (nSPS) is 10.4. The average molecular weight is 250 g/mol. The Labute approximate surface area is 109 Å². The van der Waals surface area contributed by atoms with Crippen molar-refractivity contribution in [3.8, 4) is 5.75 Å². The summed E-state index contributed by atoms with van der Waals surface area (Å²) in [5, 5.41) is 5.79. The smallest absolute Gasteiger partial charge is 0.225 e. The van der Waals surface area contributed by atoms with E-state index >= 15 is 0 Å². The molecule has 0 aliphatic rings. The lowest BCUT2D eigenvalue weighted by atomic mass is 10.2. The molecule has 0 atom stereocenters. The van der Waals surface area contributed by atoms with Gasteiger partial charge in [-0.05, 0) is 25.1 Å². The quantitative estimate of drug-likeness (QED) is 0.780. The van der Waals surface area contributed by atoms with Gasteiger partial charge in [-0.1, -0.05) is 19.9 Å². The number of nitrogens with one attached hydrogen (secondary N) is 2. The van der Waals surface area contributed by atoms with Gasteiger partial charge in [0.15, 0.2) is 0 Å². The minimum absolute atomic E-state index is 0.00496. The van der Waals surface area contributed by atoms with Gasteiger partial charge in [-0.3, -0.25) is 4.79 Å². The Kier molecular flexibility index (Phi) is 6.22. The van der Waals surface area contributed by atoms with Crippen molar-refractivity contribution in [1.82, 2.24) is 5.32 Å². The number of carbonyl (C=O) groups excluding carboxylic acids is 1. The number of hydrogen-bond donors (Lipinski definition) is 2. The predicted molar refractivity (Wildman–Crippen MR) is 73.9 cm³/mol. The van der Waals surface area contributed by atoms with E-state index in [2.05, 4.69) is 24.5 Å². The van der Waals surface area contributed by atoms with Crippen molar-refractivity contribution in [3.63, 3.8) is 0 Å². The largest absolute Gasteiger partial charge is 0.493 e. The Morgan fingerprint density at radius 2 is 2.17 bits per heavy atom. The van der Waals surface area contributed by atoms with Gasteiger partial charge in [0.05, 0.1) is 6.61 Å². The first-order valence-corrected chi connectivity index (χ1v) is 6.29. The summed E-state index contributed by atoms with van der Waals surface area (Å²) in [5.74, 6) is 1.28. The van der Waals surface area contributed by atoms with E-state index < -0.39 is 0 Å². The van der Waals surface area contributed by atoms with E-state index in [9.17, 15) is 4.79 Å². The highest BCUT2D eigenvalue weighted by atomic mass is 16.5. The lowest BCUT2D eigenvalue weighted by Gasteiger charge is -2.10.